The summed E-state index contributed by atoms with van der Waals surface area (Å²) < 4.78 is 9.90. The van der Waals surface area contributed by atoms with E-state index in [0.717, 1.165) is 45.1 Å². The molecule has 0 aromatic heterocycles. The lowest BCUT2D eigenvalue weighted by molar-refractivity contribution is -0.225. The molecule has 1 N–H and O–H groups in total. The molecule has 0 spiro atoms. The van der Waals surface area contributed by atoms with Crippen LogP contribution in [0.5, 0.6) is 0 Å². The summed E-state index contributed by atoms with van der Waals surface area (Å²) in [6.07, 6.45) is 13.4. The fourth-order valence-electron chi connectivity index (χ4n) is 13.9. The first-order valence-corrected chi connectivity index (χ1v) is 20.7. The minimum atomic E-state index is -0.357. The van der Waals surface area contributed by atoms with E-state index in [4.69, 9.17) is 9.47 Å². The standard InChI is InChI=1S/C46H68N2O5/c1-11-27-48(29-38(49)52-9)28-26-47-41(51)46-23-18-33(30(2)3)39(46)35-16-17-37-43(6)21-19-34(31-12-14-32(15-13-31)40(50)53-10)42(4,5)36(43)20-22-45(37,8)44(35,7)24-25-46/h12-15,19,33,35-37,39H,2,11,16-18,20-29H2,1,3-10H3,(H,47,51). The van der Waals surface area contributed by atoms with Crippen molar-refractivity contribution in [1.29, 1.82) is 0 Å². The summed E-state index contributed by atoms with van der Waals surface area (Å²) in [6.45, 7) is 23.9. The number of nitrogens with zero attached hydrogens (tertiary/aromatic N) is 1. The van der Waals surface area contributed by atoms with E-state index in [2.05, 4.69) is 83.5 Å². The molecule has 1 amide bonds. The number of hydrogen-bond donors (Lipinski definition) is 1. The lowest BCUT2D eigenvalue weighted by Crippen LogP contribution is -2.66. The van der Waals surface area contributed by atoms with E-state index >= 15 is 0 Å². The lowest BCUT2D eigenvalue weighted by Gasteiger charge is -2.72. The molecule has 7 heteroatoms. The zero-order valence-electron chi connectivity index (χ0n) is 34.4. The van der Waals surface area contributed by atoms with Crippen LogP contribution in [0.25, 0.3) is 5.57 Å². The topological polar surface area (TPSA) is 84.9 Å². The Bertz CT molecular complexity index is 1610. The zero-order valence-corrected chi connectivity index (χ0v) is 34.4. The van der Waals surface area contributed by atoms with Crippen molar-refractivity contribution in [1.82, 2.24) is 10.2 Å². The molecular formula is C46H68N2O5. The highest BCUT2D eigenvalue weighted by molar-refractivity contribution is 5.90. The van der Waals surface area contributed by atoms with E-state index in [9.17, 15) is 14.4 Å². The monoisotopic (exact) mass is 729 g/mol. The van der Waals surface area contributed by atoms with E-state index < -0.39 is 0 Å². The number of benzene rings is 1. The summed E-state index contributed by atoms with van der Waals surface area (Å²) in [5, 5.41) is 3.42. The van der Waals surface area contributed by atoms with E-state index in [1.54, 1.807) is 0 Å². The third kappa shape index (κ3) is 6.33. The second kappa shape index (κ2) is 14.6. The van der Waals surface area contributed by atoms with Gasteiger partial charge in [-0.15, -0.1) is 0 Å². The van der Waals surface area contributed by atoms with Crippen molar-refractivity contribution in [3.63, 3.8) is 0 Å². The summed E-state index contributed by atoms with van der Waals surface area (Å²) in [4.78, 5) is 40.9. The number of carbonyl (C=O) groups excluding carboxylic acids is 3. The van der Waals surface area contributed by atoms with Gasteiger partial charge in [0.2, 0.25) is 5.91 Å². The van der Waals surface area contributed by atoms with Crippen LogP contribution in [-0.4, -0.2) is 63.1 Å². The van der Waals surface area contributed by atoms with Crippen LogP contribution in [0.2, 0.25) is 0 Å². The highest BCUT2D eigenvalue weighted by Gasteiger charge is 2.71. The van der Waals surface area contributed by atoms with Crippen molar-refractivity contribution in [2.45, 2.75) is 113 Å². The van der Waals surface area contributed by atoms with Gasteiger partial charge in [0.05, 0.1) is 31.7 Å². The Morgan fingerprint density at radius 3 is 2.23 bits per heavy atom. The highest BCUT2D eigenvalue weighted by Crippen LogP contribution is 2.77. The second-order valence-corrected chi connectivity index (χ2v) is 19.1. The van der Waals surface area contributed by atoms with Crippen molar-refractivity contribution in [3.8, 4) is 0 Å². The first-order valence-electron chi connectivity index (χ1n) is 20.7. The molecule has 9 atom stereocenters. The van der Waals surface area contributed by atoms with Gasteiger partial charge in [0, 0.05) is 13.1 Å². The molecule has 1 aromatic carbocycles. The molecule has 0 aliphatic heterocycles. The summed E-state index contributed by atoms with van der Waals surface area (Å²) in [7, 11) is 2.87. The average molecular weight is 729 g/mol. The molecule has 6 rings (SSSR count). The second-order valence-electron chi connectivity index (χ2n) is 19.1. The zero-order chi connectivity index (χ0) is 38.6. The number of amides is 1. The number of esters is 2. The molecule has 0 radical (unpaired) electrons. The van der Waals surface area contributed by atoms with E-state index in [0.29, 0.717) is 48.2 Å². The van der Waals surface area contributed by atoms with Crippen LogP contribution in [0.3, 0.4) is 0 Å². The molecule has 9 unspecified atom stereocenters. The number of methoxy groups -OCH3 is 2. The van der Waals surface area contributed by atoms with Gasteiger partial charge >= 0.3 is 11.9 Å². The number of rotatable bonds is 11. The molecule has 0 bridgehead atoms. The number of hydrogen-bond acceptors (Lipinski definition) is 6. The van der Waals surface area contributed by atoms with Gasteiger partial charge in [-0.05, 0) is 152 Å². The molecule has 5 aliphatic carbocycles. The fourth-order valence-corrected chi connectivity index (χ4v) is 13.9. The third-order valence-electron chi connectivity index (χ3n) is 16.5. The molecule has 5 aliphatic rings. The van der Waals surface area contributed by atoms with Gasteiger partial charge in [0.25, 0.3) is 0 Å². The molecule has 53 heavy (non-hydrogen) atoms. The van der Waals surface area contributed by atoms with Crippen LogP contribution in [0, 0.1) is 56.7 Å². The molecular weight excluding hydrogens is 661 g/mol. The maximum Gasteiger partial charge on any atom is 0.337 e. The van der Waals surface area contributed by atoms with E-state index in [1.165, 1.54) is 56.6 Å². The van der Waals surface area contributed by atoms with Crippen molar-refractivity contribution >= 4 is 23.4 Å². The Morgan fingerprint density at radius 2 is 1.58 bits per heavy atom. The number of ether oxygens (including phenoxy) is 2. The number of allylic oxidation sites excluding steroid dienone is 3. The van der Waals surface area contributed by atoms with Gasteiger partial charge < -0.3 is 14.8 Å². The number of carbonyl (C=O) groups is 3. The highest BCUT2D eigenvalue weighted by atomic mass is 16.5. The predicted octanol–water partition coefficient (Wildman–Crippen LogP) is 9.13. The predicted molar refractivity (Wildman–Crippen MR) is 212 cm³/mol. The van der Waals surface area contributed by atoms with Gasteiger partial charge in [0.1, 0.15) is 0 Å². The van der Waals surface area contributed by atoms with Gasteiger partial charge in [-0.1, -0.05) is 71.9 Å². The van der Waals surface area contributed by atoms with E-state index in [1.807, 2.05) is 12.1 Å². The van der Waals surface area contributed by atoms with Crippen molar-refractivity contribution in [2.24, 2.45) is 56.7 Å². The largest absolute Gasteiger partial charge is 0.468 e. The normalized spacial score (nSPS) is 36.9. The smallest absolute Gasteiger partial charge is 0.337 e. The Labute approximate surface area is 320 Å². The Kier molecular flexibility index (Phi) is 11.0. The first-order chi connectivity index (χ1) is 25.0. The molecule has 4 fully saturated rings. The summed E-state index contributed by atoms with van der Waals surface area (Å²) in [5.74, 6) is 2.04. The van der Waals surface area contributed by atoms with Gasteiger partial charge in [-0.2, -0.15) is 0 Å². The van der Waals surface area contributed by atoms with Crippen LogP contribution < -0.4 is 5.32 Å². The quantitative estimate of drug-likeness (QED) is 0.181. The van der Waals surface area contributed by atoms with Crippen molar-refractivity contribution < 1.29 is 23.9 Å². The molecule has 4 saturated carbocycles. The Hall–Kier alpha value is -2.93. The molecule has 1 aromatic rings. The maximum absolute atomic E-state index is 14.6. The number of nitrogens with one attached hydrogen (secondary N) is 1. The van der Waals surface area contributed by atoms with Crippen molar-refractivity contribution in [3.05, 3.63) is 53.6 Å². The van der Waals surface area contributed by atoms with Crippen LogP contribution in [0.15, 0.2) is 42.5 Å². The van der Waals surface area contributed by atoms with Gasteiger partial charge in [0.15, 0.2) is 0 Å². The van der Waals surface area contributed by atoms with Crippen LogP contribution in [-0.2, 0) is 19.1 Å². The molecule has 0 heterocycles. The summed E-state index contributed by atoms with van der Waals surface area (Å²) in [6, 6.07) is 8.02. The molecule has 7 nitrogen and oxygen atoms in total. The van der Waals surface area contributed by atoms with Crippen LogP contribution in [0.1, 0.15) is 129 Å². The SMILES string of the molecule is C=C(C)C1CCC2(C(=O)NCCN(CCC)CC(=O)OC)CCC3(C)C(CCC4C5(C)CC=C(c6ccc(C(=O)OC)cc6)C(C)(C)C5CCC43C)C12. The summed E-state index contributed by atoms with van der Waals surface area (Å²) >= 11 is 0. The van der Waals surface area contributed by atoms with Crippen LogP contribution >= 0.6 is 0 Å². The molecule has 292 valence electrons. The Morgan fingerprint density at radius 1 is 0.868 bits per heavy atom. The summed E-state index contributed by atoms with van der Waals surface area (Å²) in [5.41, 5.74) is 4.61. The van der Waals surface area contributed by atoms with Gasteiger partial charge in [-0.3, -0.25) is 14.5 Å². The third-order valence-corrected chi connectivity index (χ3v) is 16.5. The van der Waals surface area contributed by atoms with Crippen molar-refractivity contribution in [2.75, 3.05) is 40.4 Å². The Balaban J connectivity index is 1.26. The molecule has 0 saturated heterocycles. The van der Waals surface area contributed by atoms with Crippen LogP contribution in [0.4, 0.5) is 0 Å². The van der Waals surface area contributed by atoms with Gasteiger partial charge in [-0.25, -0.2) is 4.79 Å². The average Bonchev–Trinajstić information content (AvgIpc) is 3.53. The van der Waals surface area contributed by atoms with E-state index in [-0.39, 0.29) is 51.5 Å². The first kappa shape index (κ1) is 39.8. The minimum absolute atomic E-state index is 0.00126. The number of fused-ring (bicyclic) bond motifs is 7. The fraction of sp³-hybridized carbons (Fsp3) is 0.717. The maximum atomic E-state index is 14.6. The minimum Gasteiger partial charge on any atom is -0.468 e. The lowest BCUT2D eigenvalue weighted by atomic mass is 9.32.